The molecule has 1 aromatic heterocycles. The molecular formula is C19H27N2O3P. The van der Waals surface area contributed by atoms with Crippen LogP contribution in [-0.4, -0.2) is 30.8 Å². The van der Waals surface area contributed by atoms with Gasteiger partial charge in [0.25, 0.3) is 7.37 Å². The van der Waals surface area contributed by atoms with Crippen LogP contribution in [0.25, 0.3) is 0 Å². The third kappa shape index (κ3) is 4.91. The van der Waals surface area contributed by atoms with E-state index in [4.69, 9.17) is 4.52 Å². The van der Waals surface area contributed by atoms with Gasteiger partial charge in [-0.05, 0) is 48.7 Å². The Morgan fingerprint density at radius 3 is 2.36 bits per heavy atom. The second-order valence-corrected chi connectivity index (χ2v) is 9.11. The summed E-state index contributed by atoms with van der Waals surface area (Å²) in [5.41, 5.74) is 1.34. The summed E-state index contributed by atoms with van der Waals surface area (Å²) in [5.74, 6) is -0.859. The third-order valence-electron chi connectivity index (χ3n) is 3.98. The minimum atomic E-state index is -3.52. The standard InChI is InChI=1S/C19H27N2O3P/c1-15(2)12-14-24-25(23,19(22)18-7-5-6-13-20-18)17-10-8-16(9-11-17)21(3)4/h5-11,13,15,19,22H,12,14H2,1-4H3/t19-,25+/m0/s1. The topological polar surface area (TPSA) is 62.7 Å². The molecule has 6 heteroatoms. The van der Waals surface area contributed by atoms with Crippen LogP contribution in [0, 0.1) is 5.92 Å². The highest BCUT2D eigenvalue weighted by molar-refractivity contribution is 7.67. The molecule has 1 heterocycles. The molecule has 0 aliphatic heterocycles. The van der Waals surface area contributed by atoms with Gasteiger partial charge in [0.2, 0.25) is 0 Å². The molecule has 2 aromatic rings. The van der Waals surface area contributed by atoms with E-state index in [9.17, 15) is 9.67 Å². The van der Waals surface area contributed by atoms with E-state index in [2.05, 4.69) is 18.8 Å². The van der Waals surface area contributed by atoms with Crippen LogP contribution in [0.4, 0.5) is 5.69 Å². The first-order chi connectivity index (χ1) is 11.8. The van der Waals surface area contributed by atoms with Crippen molar-refractivity contribution in [2.45, 2.75) is 26.1 Å². The number of hydrogen-bond donors (Lipinski definition) is 1. The molecule has 136 valence electrons. The van der Waals surface area contributed by atoms with Gasteiger partial charge in [-0.15, -0.1) is 0 Å². The van der Waals surface area contributed by atoms with E-state index in [0.29, 0.717) is 23.5 Å². The number of aromatic nitrogens is 1. The Morgan fingerprint density at radius 2 is 1.84 bits per heavy atom. The maximum Gasteiger partial charge on any atom is 0.265 e. The molecule has 0 saturated heterocycles. The van der Waals surface area contributed by atoms with Crippen molar-refractivity contribution < 1.29 is 14.2 Å². The van der Waals surface area contributed by atoms with Crippen LogP contribution in [-0.2, 0) is 9.09 Å². The van der Waals surface area contributed by atoms with Gasteiger partial charge in [0.1, 0.15) is 0 Å². The van der Waals surface area contributed by atoms with Gasteiger partial charge < -0.3 is 14.5 Å². The number of pyridine rings is 1. The maximum absolute atomic E-state index is 13.7. The summed E-state index contributed by atoms with van der Waals surface area (Å²) in [6.45, 7) is 4.49. The zero-order valence-corrected chi connectivity index (χ0v) is 16.2. The van der Waals surface area contributed by atoms with E-state index >= 15 is 0 Å². The Labute approximate surface area is 150 Å². The van der Waals surface area contributed by atoms with E-state index in [0.717, 1.165) is 12.1 Å². The minimum Gasteiger partial charge on any atom is -0.378 e. The van der Waals surface area contributed by atoms with Gasteiger partial charge in [-0.2, -0.15) is 0 Å². The highest BCUT2D eigenvalue weighted by atomic mass is 31.2. The van der Waals surface area contributed by atoms with Crippen molar-refractivity contribution in [3.8, 4) is 0 Å². The predicted molar refractivity (Wildman–Crippen MR) is 103 cm³/mol. The van der Waals surface area contributed by atoms with Crippen molar-refractivity contribution >= 4 is 18.4 Å². The third-order valence-corrected chi connectivity index (χ3v) is 6.47. The Hall–Kier alpha value is -1.68. The Morgan fingerprint density at radius 1 is 1.16 bits per heavy atom. The van der Waals surface area contributed by atoms with Crippen LogP contribution >= 0.6 is 7.37 Å². The summed E-state index contributed by atoms with van der Waals surface area (Å²) in [5, 5.41) is 11.3. The first kappa shape index (κ1) is 19.6. The molecule has 0 fully saturated rings. The van der Waals surface area contributed by atoms with Crippen LogP contribution < -0.4 is 10.2 Å². The van der Waals surface area contributed by atoms with Crippen molar-refractivity contribution in [1.29, 1.82) is 0 Å². The number of hydrogen-bond acceptors (Lipinski definition) is 5. The van der Waals surface area contributed by atoms with Gasteiger partial charge in [-0.3, -0.25) is 9.55 Å². The molecule has 0 bridgehead atoms. The highest BCUT2D eigenvalue weighted by Gasteiger charge is 2.37. The van der Waals surface area contributed by atoms with Crippen LogP contribution in [0.5, 0.6) is 0 Å². The van der Waals surface area contributed by atoms with Crippen molar-refractivity contribution in [2.24, 2.45) is 5.92 Å². The maximum atomic E-state index is 13.7. The highest BCUT2D eigenvalue weighted by Crippen LogP contribution is 2.57. The normalized spacial score (nSPS) is 15.0. The minimum absolute atomic E-state index is 0.328. The van der Waals surface area contributed by atoms with Gasteiger partial charge in [0.05, 0.1) is 12.3 Å². The van der Waals surface area contributed by atoms with Gasteiger partial charge in [-0.1, -0.05) is 19.9 Å². The number of aliphatic hydroxyl groups excluding tert-OH is 1. The summed E-state index contributed by atoms with van der Waals surface area (Å²) >= 11 is 0. The lowest BCUT2D eigenvalue weighted by molar-refractivity contribution is 0.206. The van der Waals surface area contributed by atoms with Crippen LogP contribution in [0.3, 0.4) is 0 Å². The molecule has 0 aliphatic rings. The zero-order chi connectivity index (χ0) is 18.4. The summed E-state index contributed by atoms with van der Waals surface area (Å²) in [4.78, 5) is 6.11. The van der Waals surface area contributed by atoms with Crippen LogP contribution in [0.2, 0.25) is 0 Å². The quantitative estimate of drug-likeness (QED) is 0.724. The summed E-state index contributed by atoms with van der Waals surface area (Å²) in [6, 6.07) is 12.5. The van der Waals surface area contributed by atoms with E-state index in [1.54, 1.807) is 36.5 Å². The first-order valence-corrected chi connectivity index (χ1v) is 10.1. The average Bonchev–Trinajstić information content (AvgIpc) is 2.61. The van der Waals surface area contributed by atoms with Crippen LogP contribution in [0.15, 0.2) is 48.7 Å². The summed E-state index contributed by atoms with van der Waals surface area (Å²) in [7, 11) is 0.365. The Bertz CT molecular complexity index is 702. The van der Waals surface area contributed by atoms with Crippen molar-refractivity contribution in [3.05, 3.63) is 54.4 Å². The molecule has 0 aliphatic carbocycles. The first-order valence-electron chi connectivity index (χ1n) is 8.46. The van der Waals surface area contributed by atoms with Crippen molar-refractivity contribution in [1.82, 2.24) is 4.98 Å². The number of benzene rings is 1. The van der Waals surface area contributed by atoms with Gasteiger partial charge in [-0.25, -0.2) is 0 Å². The van der Waals surface area contributed by atoms with Crippen molar-refractivity contribution in [2.75, 3.05) is 25.6 Å². The summed E-state index contributed by atoms with van der Waals surface area (Å²) < 4.78 is 19.4. The largest absolute Gasteiger partial charge is 0.378 e. The number of aliphatic hydroxyl groups is 1. The predicted octanol–water partition coefficient (Wildman–Crippen LogP) is 3.80. The lowest BCUT2D eigenvalue weighted by atomic mass is 10.2. The van der Waals surface area contributed by atoms with Gasteiger partial charge >= 0.3 is 0 Å². The van der Waals surface area contributed by atoms with E-state index in [1.807, 2.05) is 31.1 Å². The van der Waals surface area contributed by atoms with Gasteiger partial charge in [0.15, 0.2) is 5.85 Å². The number of rotatable bonds is 8. The zero-order valence-electron chi connectivity index (χ0n) is 15.3. The molecule has 25 heavy (non-hydrogen) atoms. The van der Waals surface area contributed by atoms with E-state index < -0.39 is 13.2 Å². The molecule has 1 aromatic carbocycles. The summed E-state index contributed by atoms with van der Waals surface area (Å²) in [6.07, 6.45) is 2.35. The average molecular weight is 362 g/mol. The molecule has 2 rings (SSSR count). The van der Waals surface area contributed by atoms with Crippen LogP contribution in [0.1, 0.15) is 31.8 Å². The number of anilines is 1. The lowest BCUT2D eigenvalue weighted by Gasteiger charge is -2.25. The SMILES string of the molecule is CC(C)CCO[P@](=O)(c1ccc(N(C)C)cc1)[C@H](O)c1ccccn1. The fourth-order valence-electron chi connectivity index (χ4n) is 2.37. The second kappa shape index (κ2) is 8.61. The molecule has 1 N–H and O–H groups in total. The van der Waals surface area contributed by atoms with Crippen molar-refractivity contribution in [3.63, 3.8) is 0 Å². The Balaban J connectivity index is 2.35. The molecule has 0 amide bonds. The molecular weight excluding hydrogens is 335 g/mol. The smallest absolute Gasteiger partial charge is 0.265 e. The Kier molecular flexibility index (Phi) is 6.77. The molecule has 0 saturated carbocycles. The van der Waals surface area contributed by atoms with E-state index in [1.165, 1.54) is 0 Å². The fraction of sp³-hybridized carbons (Fsp3) is 0.421. The molecule has 5 nitrogen and oxygen atoms in total. The second-order valence-electron chi connectivity index (χ2n) is 6.65. The molecule has 0 unspecified atom stereocenters. The molecule has 0 radical (unpaired) electrons. The molecule has 0 spiro atoms. The number of nitrogens with zero attached hydrogens (tertiary/aromatic N) is 2. The fourth-order valence-corrected chi connectivity index (χ4v) is 4.39. The van der Waals surface area contributed by atoms with Gasteiger partial charge in [0, 0.05) is 31.3 Å². The molecule has 2 atom stereocenters. The van der Waals surface area contributed by atoms with E-state index in [-0.39, 0.29) is 0 Å². The monoisotopic (exact) mass is 362 g/mol. The lowest BCUT2D eigenvalue weighted by Crippen LogP contribution is -2.17.